The van der Waals surface area contributed by atoms with E-state index in [-0.39, 0.29) is 6.09 Å². The van der Waals surface area contributed by atoms with Crippen LogP contribution >= 0.6 is 15.9 Å². The maximum Gasteiger partial charge on any atom is 0.410 e. The second kappa shape index (κ2) is 8.90. The largest absolute Gasteiger partial charge is 0.495 e. The quantitative estimate of drug-likeness (QED) is 0.706. The maximum atomic E-state index is 12.7. The average molecular weight is 414 g/mol. The molecular weight excluding hydrogens is 386 g/mol. The standard InChI is InChI=1S/C19H28BrNO4/c1-19(2,3)25-18(22)21(12-14-8-10-24-11-9-14)13-15-6-5-7-16(20)17(15)23-4/h5-7,14H,8-13H2,1-4H3. The Hall–Kier alpha value is -1.27. The summed E-state index contributed by atoms with van der Waals surface area (Å²) in [4.78, 5) is 14.5. The molecule has 1 aromatic rings. The van der Waals surface area contributed by atoms with E-state index >= 15 is 0 Å². The second-order valence-electron chi connectivity index (χ2n) is 7.35. The minimum Gasteiger partial charge on any atom is -0.495 e. The van der Waals surface area contributed by atoms with Crippen LogP contribution in [0, 0.1) is 5.92 Å². The van der Waals surface area contributed by atoms with E-state index in [1.807, 2.05) is 39.0 Å². The lowest BCUT2D eigenvalue weighted by Crippen LogP contribution is -2.40. The number of methoxy groups -OCH3 is 1. The smallest absolute Gasteiger partial charge is 0.410 e. The number of halogens is 1. The SMILES string of the molecule is COc1c(Br)cccc1CN(CC1CCOCC1)C(=O)OC(C)(C)C. The van der Waals surface area contributed by atoms with Gasteiger partial charge in [0.25, 0.3) is 0 Å². The van der Waals surface area contributed by atoms with Crippen LogP contribution in [0.15, 0.2) is 22.7 Å². The van der Waals surface area contributed by atoms with Crippen LogP contribution in [0.2, 0.25) is 0 Å². The fourth-order valence-electron chi connectivity index (χ4n) is 2.88. The summed E-state index contributed by atoms with van der Waals surface area (Å²) in [5.74, 6) is 1.18. The van der Waals surface area contributed by atoms with E-state index in [0.717, 1.165) is 41.8 Å². The van der Waals surface area contributed by atoms with E-state index in [2.05, 4.69) is 15.9 Å². The summed E-state index contributed by atoms with van der Waals surface area (Å²) in [5, 5.41) is 0. The molecule has 5 nitrogen and oxygen atoms in total. The zero-order valence-electron chi connectivity index (χ0n) is 15.5. The summed E-state index contributed by atoms with van der Waals surface area (Å²) in [7, 11) is 1.64. The van der Waals surface area contributed by atoms with Gasteiger partial charge in [0.15, 0.2) is 0 Å². The number of hydrogen-bond acceptors (Lipinski definition) is 4. The number of hydrogen-bond donors (Lipinski definition) is 0. The minimum absolute atomic E-state index is 0.291. The average Bonchev–Trinajstić information content (AvgIpc) is 2.54. The lowest BCUT2D eigenvalue weighted by Gasteiger charge is -2.32. The highest BCUT2D eigenvalue weighted by molar-refractivity contribution is 9.10. The maximum absolute atomic E-state index is 12.7. The first-order valence-corrected chi connectivity index (χ1v) is 9.46. The Morgan fingerprint density at radius 3 is 2.60 bits per heavy atom. The van der Waals surface area contributed by atoms with Crippen LogP contribution in [0.1, 0.15) is 39.2 Å². The highest BCUT2D eigenvalue weighted by Gasteiger charge is 2.26. The molecule has 0 saturated carbocycles. The van der Waals surface area contributed by atoms with Crippen molar-refractivity contribution in [3.8, 4) is 5.75 Å². The first-order valence-electron chi connectivity index (χ1n) is 8.67. The molecule has 140 valence electrons. The molecule has 1 fully saturated rings. The van der Waals surface area contributed by atoms with Crippen LogP contribution in [0.25, 0.3) is 0 Å². The monoisotopic (exact) mass is 413 g/mol. The molecule has 1 heterocycles. The van der Waals surface area contributed by atoms with Gasteiger partial charge in [-0.3, -0.25) is 0 Å². The molecule has 0 unspecified atom stereocenters. The van der Waals surface area contributed by atoms with Crippen molar-refractivity contribution in [1.82, 2.24) is 4.90 Å². The highest BCUT2D eigenvalue weighted by Crippen LogP contribution is 2.30. The van der Waals surface area contributed by atoms with Crippen molar-refractivity contribution in [3.63, 3.8) is 0 Å². The Kier molecular flexibility index (Phi) is 7.14. The van der Waals surface area contributed by atoms with Crippen LogP contribution < -0.4 is 4.74 Å². The molecule has 6 heteroatoms. The van der Waals surface area contributed by atoms with E-state index in [0.29, 0.717) is 19.0 Å². The number of para-hydroxylation sites is 1. The normalized spacial score (nSPS) is 15.7. The lowest BCUT2D eigenvalue weighted by atomic mass is 9.99. The molecule has 0 radical (unpaired) electrons. The Bertz CT molecular complexity index is 579. The molecule has 25 heavy (non-hydrogen) atoms. The van der Waals surface area contributed by atoms with Crippen molar-refractivity contribution in [2.45, 2.75) is 45.8 Å². The zero-order valence-corrected chi connectivity index (χ0v) is 17.1. The number of carbonyl (C=O) groups is 1. The number of nitrogens with zero attached hydrogens (tertiary/aromatic N) is 1. The molecule has 2 rings (SSSR count). The molecule has 1 aliphatic heterocycles. The third-order valence-electron chi connectivity index (χ3n) is 4.09. The molecule has 0 N–H and O–H groups in total. The van der Waals surface area contributed by atoms with E-state index in [1.54, 1.807) is 12.0 Å². The first kappa shape index (κ1) is 20.0. The summed E-state index contributed by atoms with van der Waals surface area (Å²) >= 11 is 3.51. The lowest BCUT2D eigenvalue weighted by molar-refractivity contribution is 0.0103. The predicted molar refractivity (Wildman–Crippen MR) is 101 cm³/mol. The molecular formula is C19H28BrNO4. The molecule has 0 aromatic heterocycles. The topological polar surface area (TPSA) is 48.0 Å². The fourth-order valence-corrected chi connectivity index (χ4v) is 3.45. The molecule has 1 aromatic carbocycles. The Morgan fingerprint density at radius 1 is 1.32 bits per heavy atom. The van der Waals surface area contributed by atoms with Crippen molar-refractivity contribution in [2.75, 3.05) is 26.9 Å². The van der Waals surface area contributed by atoms with Crippen molar-refractivity contribution < 1.29 is 19.0 Å². The van der Waals surface area contributed by atoms with E-state index in [4.69, 9.17) is 14.2 Å². The van der Waals surface area contributed by atoms with Gasteiger partial charge in [0, 0.05) is 25.3 Å². The molecule has 0 spiro atoms. The summed E-state index contributed by atoms with van der Waals surface area (Å²) in [6.45, 7) is 8.29. The van der Waals surface area contributed by atoms with Crippen LogP contribution in [0.3, 0.4) is 0 Å². The predicted octanol–water partition coefficient (Wildman–Crippen LogP) is 4.62. The first-order chi connectivity index (χ1) is 11.8. The summed E-state index contributed by atoms with van der Waals surface area (Å²) < 4.78 is 17.4. The van der Waals surface area contributed by atoms with Gasteiger partial charge in [-0.05, 0) is 61.5 Å². The Labute approximate surface area is 158 Å². The second-order valence-corrected chi connectivity index (χ2v) is 8.20. The van der Waals surface area contributed by atoms with Crippen molar-refractivity contribution in [3.05, 3.63) is 28.2 Å². The fraction of sp³-hybridized carbons (Fsp3) is 0.632. The number of amides is 1. The van der Waals surface area contributed by atoms with E-state index in [9.17, 15) is 4.79 Å². The van der Waals surface area contributed by atoms with Crippen LogP contribution in [0.5, 0.6) is 5.75 Å². The molecule has 0 aliphatic carbocycles. The summed E-state index contributed by atoms with van der Waals surface area (Å²) in [6, 6.07) is 5.85. The van der Waals surface area contributed by atoms with E-state index in [1.165, 1.54) is 0 Å². The van der Waals surface area contributed by atoms with Gasteiger partial charge >= 0.3 is 6.09 Å². The highest BCUT2D eigenvalue weighted by atomic mass is 79.9. The van der Waals surface area contributed by atoms with Gasteiger partial charge in [-0.15, -0.1) is 0 Å². The number of benzene rings is 1. The van der Waals surface area contributed by atoms with Crippen LogP contribution in [-0.2, 0) is 16.0 Å². The summed E-state index contributed by atoms with van der Waals surface area (Å²) in [6.07, 6.45) is 1.64. The van der Waals surface area contributed by atoms with Gasteiger partial charge in [0.1, 0.15) is 11.4 Å². The van der Waals surface area contributed by atoms with Crippen molar-refractivity contribution in [1.29, 1.82) is 0 Å². The number of ether oxygens (including phenoxy) is 3. The molecule has 1 saturated heterocycles. The van der Waals surface area contributed by atoms with Gasteiger partial charge in [0.05, 0.1) is 18.1 Å². The van der Waals surface area contributed by atoms with Gasteiger partial charge in [-0.2, -0.15) is 0 Å². The van der Waals surface area contributed by atoms with Gasteiger partial charge < -0.3 is 19.1 Å². The molecule has 0 atom stereocenters. The van der Waals surface area contributed by atoms with E-state index < -0.39 is 5.60 Å². The zero-order chi connectivity index (χ0) is 18.4. The Morgan fingerprint density at radius 2 is 2.00 bits per heavy atom. The molecule has 0 bridgehead atoms. The Balaban J connectivity index is 2.18. The van der Waals surface area contributed by atoms with Crippen LogP contribution in [-0.4, -0.2) is 43.5 Å². The van der Waals surface area contributed by atoms with Crippen LogP contribution in [0.4, 0.5) is 4.79 Å². The third kappa shape index (κ3) is 6.19. The number of rotatable bonds is 5. The van der Waals surface area contributed by atoms with Crippen molar-refractivity contribution in [2.24, 2.45) is 5.92 Å². The van der Waals surface area contributed by atoms with Gasteiger partial charge in [0.2, 0.25) is 0 Å². The number of carbonyl (C=O) groups excluding carboxylic acids is 1. The third-order valence-corrected chi connectivity index (χ3v) is 4.71. The summed E-state index contributed by atoms with van der Waals surface area (Å²) in [5.41, 5.74) is 0.432. The van der Waals surface area contributed by atoms with Gasteiger partial charge in [-0.25, -0.2) is 4.79 Å². The van der Waals surface area contributed by atoms with Gasteiger partial charge in [-0.1, -0.05) is 12.1 Å². The van der Waals surface area contributed by atoms with Crippen molar-refractivity contribution >= 4 is 22.0 Å². The molecule has 1 amide bonds. The minimum atomic E-state index is -0.521. The molecule has 1 aliphatic rings.